The zero-order valence-corrected chi connectivity index (χ0v) is 17.2. The van der Waals surface area contributed by atoms with Crippen LogP contribution in [0.4, 0.5) is 5.69 Å². The molecule has 0 atom stereocenters. The Hall–Kier alpha value is -3.35. The molecule has 3 aromatic rings. The number of hydrogen-bond acceptors (Lipinski definition) is 3. The van der Waals surface area contributed by atoms with Gasteiger partial charge >= 0.3 is 0 Å². The predicted octanol–water partition coefficient (Wildman–Crippen LogP) is 3.11. The van der Waals surface area contributed by atoms with Crippen LogP contribution in [0, 0.1) is 5.92 Å². The molecule has 0 radical (unpaired) electrons. The van der Waals surface area contributed by atoms with Gasteiger partial charge in [0.25, 0.3) is 0 Å². The van der Waals surface area contributed by atoms with Gasteiger partial charge in [0.05, 0.1) is 18.3 Å². The molecule has 1 saturated heterocycles. The molecule has 0 aliphatic carbocycles. The fourth-order valence-corrected chi connectivity index (χ4v) is 3.82. The van der Waals surface area contributed by atoms with Gasteiger partial charge in [0.15, 0.2) is 0 Å². The van der Waals surface area contributed by atoms with Crippen molar-refractivity contribution < 1.29 is 9.59 Å². The van der Waals surface area contributed by atoms with Crippen LogP contribution in [0.15, 0.2) is 61.2 Å². The number of likely N-dealkylation sites (tertiary alicyclic amines) is 1. The molecule has 2 aromatic heterocycles. The van der Waals surface area contributed by atoms with Gasteiger partial charge in [-0.15, -0.1) is 0 Å². The summed E-state index contributed by atoms with van der Waals surface area (Å²) in [5, 5.41) is 7.11. The van der Waals surface area contributed by atoms with Crippen molar-refractivity contribution in [3.63, 3.8) is 0 Å². The lowest BCUT2D eigenvalue weighted by Gasteiger charge is -2.31. The zero-order chi connectivity index (χ0) is 20.9. The smallest absolute Gasteiger partial charge is 0.227 e. The molecule has 156 valence electrons. The summed E-state index contributed by atoms with van der Waals surface area (Å²) < 4.78 is 3.82. The van der Waals surface area contributed by atoms with E-state index in [-0.39, 0.29) is 17.7 Å². The summed E-state index contributed by atoms with van der Waals surface area (Å²) in [7, 11) is 0. The molecule has 1 fully saturated rings. The van der Waals surface area contributed by atoms with E-state index in [0.717, 1.165) is 23.5 Å². The van der Waals surface area contributed by atoms with Gasteiger partial charge in [-0.1, -0.05) is 12.1 Å². The number of nitrogens with one attached hydrogen (secondary N) is 1. The number of amides is 2. The Morgan fingerprint density at radius 3 is 2.43 bits per heavy atom. The van der Waals surface area contributed by atoms with Crippen molar-refractivity contribution in [2.75, 3.05) is 18.4 Å². The average Bonchev–Trinajstić information content (AvgIpc) is 3.46. The van der Waals surface area contributed by atoms with E-state index in [1.807, 2.05) is 71.4 Å². The third-order valence-electron chi connectivity index (χ3n) is 5.64. The van der Waals surface area contributed by atoms with Gasteiger partial charge in [0, 0.05) is 49.8 Å². The highest BCUT2D eigenvalue weighted by molar-refractivity contribution is 5.92. The number of aromatic nitrogens is 3. The van der Waals surface area contributed by atoms with Crippen LogP contribution >= 0.6 is 0 Å². The van der Waals surface area contributed by atoms with Gasteiger partial charge in [-0.2, -0.15) is 5.10 Å². The molecule has 0 spiro atoms. The van der Waals surface area contributed by atoms with Crippen molar-refractivity contribution >= 4 is 17.5 Å². The van der Waals surface area contributed by atoms with Gasteiger partial charge in [-0.3, -0.25) is 14.3 Å². The van der Waals surface area contributed by atoms with Crippen molar-refractivity contribution in [1.82, 2.24) is 19.2 Å². The molecule has 1 aromatic carbocycles. The van der Waals surface area contributed by atoms with E-state index in [9.17, 15) is 9.59 Å². The van der Waals surface area contributed by atoms with Gasteiger partial charge in [0.1, 0.15) is 0 Å². The number of aryl methyl sites for hydroxylation is 1. The first-order valence-electron chi connectivity index (χ1n) is 10.5. The molecule has 7 heteroatoms. The maximum Gasteiger partial charge on any atom is 0.227 e. The summed E-state index contributed by atoms with van der Waals surface area (Å²) in [6, 6.07) is 12.0. The lowest BCUT2D eigenvalue weighted by molar-refractivity contribution is -0.133. The quantitative estimate of drug-likeness (QED) is 0.685. The number of carbonyl (C=O) groups excluding carboxylic acids is 2. The second-order valence-electron chi connectivity index (χ2n) is 7.66. The van der Waals surface area contributed by atoms with Gasteiger partial charge in [-0.25, -0.2) is 0 Å². The highest BCUT2D eigenvalue weighted by Crippen LogP contribution is 2.20. The molecule has 1 aliphatic heterocycles. The minimum absolute atomic E-state index is 0.0124. The third-order valence-corrected chi connectivity index (χ3v) is 5.64. The normalized spacial score (nSPS) is 14.6. The number of nitrogens with zero attached hydrogens (tertiary/aromatic N) is 4. The van der Waals surface area contributed by atoms with Crippen LogP contribution in [0.2, 0.25) is 0 Å². The second kappa shape index (κ2) is 8.98. The summed E-state index contributed by atoms with van der Waals surface area (Å²) in [5.41, 5.74) is 2.81. The van der Waals surface area contributed by atoms with E-state index in [1.165, 1.54) is 0 Å². The Labute approximate surface area is 176 Å². The number of anilines is 1. The molecule has 0 unspecified atom stereocenters. The van der Waals surface area contributed by atoms with Gasteiger partial charge < -0.3 is 14.8 Å². The van der Waals surface area contributed by atoms with E-state index in [1.54, 1.807) is 10.9 Å². The highest BCUT2D eigenvalue weighted by Gasteiger charge is 2.27. The fraction of sp³-hybridized carbons (Fsp3) is 0.348. The van der Waals surface area contributed by atoms with Crippen LogP contribution in [0.25, 0.3) is 5.69 Å². The molecule has 1 N–H and O–H groups in total. The van der Waals surface area contributed by atoms with Crippen LogP contribution < -0.4 is 5.32 Å². The third kappa shape index (κ3) is 4.62. The molecule has 1 aliphatic rings. The van der Waals surface area contributed by atoms with Crippen molar-refractivity contribution in [1.29, 1.82) is 0 Å². The molecular formula is C23H27N5O2. The number of carbonyl (C=O) groups is 2. The zero-order valence-electron chi connectivity index (χ0n) is 17.2. The van der Waals surface area contributed by atoms with E-state index in [0.29, 0.717) is 32.4 Å². The second-order valence-corrected chi connectivity index (χ2v) is 7.66. The van der Waals surface area contributed by atoms with Crippen LogP contribution in [-0.4, -0.2) is 44.2 Å². The first-order valence-corrected chi connectivity index (χ1v) is 10.5. The van der Waals surface area contributed by atoms with E-state index >= 15 is 0 Å². The Morgan fingerprint density at radius 1 is 1.10 bits per heavy atom. The molecular weight excluding hydrogens is 378 g/mol. The topological polar surface area (TPSA) is 72.2 Å². The summed E-state index contributed by atoms with van der Waals surface area (Å²) in [4.78, 5) is 27.1. The summed E-state index contributed by atoms with van der Waals surface area (Å²) in [5.74, 6) is 0.0602. The molecule has 7 nitrogen and oxygen atoms in total. The number of hydrogen-bond donors (Lipinski definition) is 1. The van der Waals surface area contributed by atoms with Gasteiger partial charge in [0.2, 0.25) is 11.8 Å². The Morgan fingerprint density at radius 2 is 1.80 bits per heavy atom. The van der Waals surface area contributed by atoms with Crippen molar-refractivity contribution in [3.8, 4) is 5.69 Å². The summed E-state index contributed by atoms with van der Waals surface area (Å²) in [6.45, 7) is 4.01. The average molecular weight is 406 g/mol. The van der Waals surface area contributed by atoms with Crippen molar-refractivity contribution in [2.24, 2.45) is 5.92 Å². The lowest BCUT2D eigenvalue weighted by Crippen LogP contribution is -2.42. The number of benzene rings is 1. The van der Waals surface area contributed by atoms with Gasteiger partial charge in [-0.05, 0) is 49.6 Å². The molecule has 2 amide bonds. The monoisotopic (exact) mass is 405 g/mol. The Kier molecular flexibility index (Phi) is 5.97. The predicted molar refractivity (Wildman–Crippen MR) is 115 cm³/mol. The maximum atomic E-state index is 12.7. The Balaban J connectivity index is 1.26. The number of rotatable bonds is 6. The minimum Gasteiger partial charge on any atom is -0.342 e. The summed E-state index contributed by atoms with van der Waals surface area (Å²) >= 11 is 0. The van der Waals surface area contributed by atoms with Crippen LogP contribution in [0.3, 0.4) is 0 Å². The van der Waals surface area contributed by atoms with Crippen LogP contribution in [0.5, 0.6) is 0 Å². The fourth-order valence-electron chi connectivity index (χ4n) is 3.82. The Bertz CT molecular complexity index is 983. The van der Waals surface area contributed by atoms with E-state index < -0.39 is 0 Å². The first kappa shape index (κ1) is 19.9. The van der Waals surface area contributed by atoms with Crippen molar-refractivity contribution in [3.05, 3.63) is 66.7 Å². The largest absolute Gasteiger partial charge is 0.342 e. The molecule has 0 saturated carbocycles. The standard InChI is InChI=1S/C23H27N5O2/c1-2-28-17-20(16-24-28)25-23(30)19-9-13-27(14-10-19)22(29)15-18-5-7-21(8-6-18)26-11-3-4-12-26/h3-8,11-12,16-17,19H,2,9-10,13-15H2,1H3,(H,25,30). The first-order chi connectivity index (χ1) is 14.6. The maximum absolute atomic E-state index is 12.7. The van der Waals surface area contributed by atoms with E-state index in [4.69, 9.17) is 0 Å². The molecule has 0 bridgehead atoms. The molecule has 4 rings (SSSR count). The lowest BCUT2D eigenvalue weighted by atomic mass is 9.95. The minimum atomic E-state index is -0.0696. The van der Waals surface area contributed by atoms with Crippen LogP contribution in [0.1, 0.15) is 25.3 Å². The SMILES string of the molecule is CCn1cc(NC(=O)C2CCN(C(=O)Cc3ccc(-n4cccc4)cc3)CC2)cn1. The summed E-state index contributed by atoms with van der Waals surface area (Å²) in [6.07, 6.45) is 9.25. The van der Waals surface area contributed by atoms with Crippen molar-refractivity contribution in [2.45, 2.75) is 32.7 Å². The molecule has 30 heavy (non-hydrogen) atoms. The molecule has 3 heterocycles. The van der Waals surface area contributed by atoms with E-state index in [2.05, 4.69) is 10.4 Å². The van der Waals surface area contributed by atoms with Crippen LogP contribution in [-0.2, 0) is 22.6 Å². The highest BCUT2D eigenvalue weighted by atomic mass is 16.2. The number of piperidine rings is 1.